The fraction of sp³-hybridized carbons (Fsp3) is 0.235. The zero-order valence-corrected chi connectivity index (χ0v) is 13.2. The van der Waals surface area contributed by atoms with Gasteiger partial charge in [0.25, 0.3) is 0 Å². The van der Waals surface area contributed by atoms with Gasteiger partial charge in [0.05, 0.1) is 25.5 Å². The quantitative estimate of drug-likeness (QED) is 0.786. The Morgan fingerprint density at radius 3 is 2.86 bits per heavy atom. The van der Waals surface area contributed by atoms with Gasteiger partial charge in [0, 0.05) is 16.0 Å². The lowest BCUT2D eigenvalue weighted by molar-refractivity contribution is -0.120. The Morgan fingerprint density at radius 2 is 2.14 bits per heavy atom. The number of carbonyl (C=O) groups is 1. The molecule has 0 saturated heterocycles. The van der Waals surface area contributed by atoms with Crippen LogP contribution in [0.1, 0.15) is 22.5 Å². The molecule has 0 bridgehead atoms. The fourth-order valence-electron chi connectivity index (χ4n) is 2.57. The molecule has 3 rings (SSSR count). The molecule has 0 spiro atoms. The molecule has 2 heterocycles. The molecule has 1 N–H and O–H groups in total. The summed E-state index contributed by atoms with van der Waals surface area (Å²) in [6.45, 7) is 4.25. The van der Waals surface area contributed by atoms with Gasteiger partial charge < -0.3 is 14.2 Å². The maximum absolute atomic E-state index is 12.1. The number of rotatable bonds is 4. The van der Waals surface area contributed by atoms with Crippen molar-refractivity contribution in [3.63, 3.8) is 0 Å². The van der Waals surface area contributed by atoms with Crippen molar-refractivity contribution in [2.75, 3.05) is 0 Å². The van der Waals surface area contributed by atoms with Crippen LogP contribution < -0.4 is 5.32 Å². The number of fused-ring (bicyclic) bond motifs is 1. The van der Waals surface area contributed by atoms with Crippen LogP contribution in [0.15, 0.2) is 39.6 Å². The summed E-state index contributed by atoms with van der Waals surface area (Å²) < 4.78 is 10.7. The average Bonchev–Trinajstić information content (AvgIpc) is 3.13. The van der Waals surface area contributed by atoms with Crippen molar-refractivity contribution >= 4 is 28.5 Å². The smallest absolute Gasteiger partial charge is 0.224 e. The number of amides is 1. The molecule has 0 aliphatic rings. The third kappa shape index (κ3) is 2.74. The van der Waals surface area contributed by atoms with Gasteiger partial charge in [-0.25, -0.2) is 0 Å². The largest absolute Gasteiger partial charge is 0.467 e. The van der Waals surface area contributed by atoms with Crippen LogP contribution in [0, 0.1) is 13.8 Å². The average molecular weight is 318 g/mol. The molecule has 0 aliphatic heterocycles. The van der Waals surface area contributed by atoms with Gasteiger partial charge in [-0.15, -0.1) is 0 Å². The molecule has 4 nitrogen and oxygen atoms in total. The van der Waals surface area contributed by atoms with E-state index in [0.717, 1.165) is 33.4 Å². The van der Waals surface area contributed by atoms with Gasteiger partial charge in [-0.2, -0.15) is 0 Å². The molecule has 0 saturated carbocycles. The Morgan fingerprint density at radius 1 is 1.32 bits per heavy atom. The Kier molecular flexibility index (Phi) is 3.94. The predicted molar refractivity (Wildman–Crippen MR) is 85.0 cm³/mol. The number of hydrogen-bond donors (Lipinski definition) is 1. The summed E-state index contributed by atoms with van der Waals surface area (Å²) in [6, 6.07) is 5.51. The molecule has 5 heteroatoms. The van der Waals surface area contributed by atoms with Gasteiger partial charge >= 0.3 is 0 Å². The predicted octanol–water partition coefficient (Wildman–Crippen LogP) is 4.15. The number of hydrogen-bond acceptors (Lipinski definition) is 3. The normalized spacial score (nSPS) is 11.0. The zero-order chi connectivity index (χ0) is 15.7. The van der Waals surface area contributed by atoms with Crippen LogP contribution in [-0.2, 0) is 17.8 Å². The summed E-state index contributed by atoms with van der Waals surface area (Å²) >= 11 is 6.30. The Labute approximate surface area is 133 Å². The number of benzene rings is 1. The lowest BCUT2D eigenvalue weighted by Gasteiger charge is -2.06. The van der Waals surface area contributed by atoms with Gasteiger partial charge in [0.1, 0.15) is 11.3 Å². The molecular weight excluding hydrogens is 302 g/mol. The van der Waals surface area contributed by atoms with Crippen LogP contribution in [0.5, 0.6) is 0 Å². The zero-order valence-electron chi connectivity index (χ0n) is 12.4. The molecule has 3 aromatic rings. The Bertz CT molecular complexity index is 818. The van der Waals surface area contributed by atoms with Gasteiger partial charge in [0.2, 0.25) is 5.91 Å². The summed E-state index contributed by atoms with van der Waals surface area (Å²) in [5, 5.41) is 4.46. The van der Waals surface area contributed by atoms with Crippen molar-refractivity contribution in [2.45, 2.75) is 26.8 Å². The van der Waals surface area contributed by atoms with Crippen molar-refractivity contribution in [3.05, 3.63) is 58.2 Å². The number of nitrogens with one attached hydrogen (secondary N) is 1. The van der Waals surface area contributed by atoms with E-state index in [2.05, 4.69) is 5.32 Å². The molecule has 0 fully saturated rings. The Hall–Kier alpha value is -2.20. The van der Waals surface area contributed by atoms with E-state index in [4.69, 9.17) is 20.4 Å². The van der Waals surface area contributed by atoms with Gasteiger partial charge in [-0.1, -0.05) is 11.6 Å². The van der Waals surface area contributed by atoms with Crippen LogP contribution in [0.25, 0.3) is 11.0 Å². The van der Waals surface area contributed by atoms with E-state index in [9.17, 15) is 4.79 Å². The maximum atomic E-state index is 12.1. The highest BCUT2D eigenvalue weighted by molar-refractivity contribution is 6.33. The van der Waals surface area contributed by atoms with E-state index >= 15 is 0 Å². The molecule has 2 aromatic heterocycles. The first-order valence-corrected chi connectivity index (χ1v) is 7.39. The topological polar surface area (TPSA) is 55.4 Å². The lowest BCUT2D eigenvalue weighted by Crippen LogP contribution is -2.24. The second-order valence-electron chi connectivity index (χ2n) is 5.30. The molecule has 114 valence electrons. The van der Waals surface area contributed by atoms with Crippen LogP contribution >= 0.6 is 11.6 Å². The van der Waals surface area contributed by atoms with E-state index in [0.29, 0.717) is 11.6 Å². The van der Waals surface area contributed by atoms with Crippen molar-refractivity contribution in [3.8, 4) is 0 Å². The summed E-state index contributed by atoms with van der Waals surface area (Å²) in [5.74, 6) is 0.635. The third-order valence-electron chi connectivity index (χ3n) is 3.68. The first-order valence-electron chi connectivity index (χ1n) is 7.01. The summed E-state index contributed by atoms with van der Waals surface area (Å²) in [4.78, 5) is 12.1. The number of halogens is 1. The first kappa shape index (κ1) is 14.7. The fourth-order valence-corrected chi connectivity index (χ4v) is 2.72. The van der Waals surface area contributed by atoms with E-state index in [-0.39, 0.29) is 12.3 Å². The van der Waals surface area contributed by atoms with Gasteiger partial charge in [-0.3, -0.25) is 4.79 Å². The molecule has 0 aliphatic carbocycles. The maximum Gasteiger partial charge on any atom is 0.224 e. The molecule has 0 radical (unpaired) electrons. The minimum absolute atomic E-state index is 0.0878. The first-order chi connectivity index (χ1) is 10.6. The molecule has 1 aromatic carbocycles. The van der Waals surface area contributed by atoms with E-state index < -0.39 is 0 Å². The summed E-state index contributed by atoms with van der Waals surface area (Å²) in [7, 11) is 0. The highest BCUT2D eigenvalue weighted by Gasteiger charge is 2.15. The third-order valence-corrected chi connectivity index (χ3v) is 4.27. The van der Waals surface area contributed by atoms with E-state index in [1.54, 1.807) is 18.6 Å². The Balaban J connectivity index is 1.79. The highest BCUT2D eigenvalue weighted by atomic mass is 35.5. The van der Waals surface area contributed by atoms with Gasteiger partial charge in [-0.05, 0) is 43.2 Å². The van der Waals surface area contributed by atoms with Crippen LogP contribution in [-0.4, -0.2) is 5.91 Å². The highest BCUT2D eigenvalue weighted by Crippen LogP contribution is 2.32. The SMILES string of the molecule is Cc1cc2occ(CC(=O)NCc3ccco3)c2c(C)c1Cl. The second kappa shape index (κ2) is 5.89. The van der Waals surface area contributed by atoms with Crippen molar-refractivity contribution in [2.24, 2.45) is 0 Å². The monoisotopic (exact) mass is 317 g/mol. The van der Waals surface area contributed by atoms with Crippen molar-refractivity contribution < 1.29 is 13.6 Å². The molecule has 22 heavy (non-hydrogen) atoms. The number of furan rings is 2. The molecular formula is C17H16ClNO3. The van der Waals surface area contributed by atoms with Crippen LogP contribution in [0.4, 0.5) is 0 Å². The number of carbonyl (C=O) groups excluding carboxylic acids is 1. The minimum Gasteiger partial charge on any atom is -0.467 e. The molecule has 0 atom stereocenters. The molecule has 0 unspecified atom stereocenters. The molecule has 1 amide bonds. The van der Waals surface area contributed by atoms with Crippen LogP contribution in [0.2, 0.25) is 5.02 Å². The van der Waals surface area contributed by atoms with Crippen molar-refractivity contribution in [1.29, 1.82) is 0 Å². The standard InChI is InChI=1S/C17H16ClNO3/c1-10-6-14-16(11(2)17(10)18)12(9-22-14)7-15(20)19-8-13-4-3-5-21-13/h3-6,9H,7-8H2,1-2H3,(H,19,20). The van der Waals surface area contributed by atoms with E-state index in [1.807, 2.05) is 26.0 Å². The van der Waals surface area contributed by atoms with Crippen molar-refractivity contribution in [1.82, 2.24) is 5.32 Å². The van der Waals surface area contributed by atoms with E-state index in [1.165, 1.54) is 0 Å². The minimum atomic E-state index is -0.0878. The van der Waals surface area contributed by atoms with Gasteiger partial charge in [0.15, 0.2) is 0 Å². The van der Waals surface area contributed by atoms with Crippen LogP contribution in [0.3, 0.4) is 0 Å². The lowest BCUT2D eigenvalue weighted by atomic mass is 10.0. The summed E-state index contributed by atoms with van der Waals surface area (Å²) in [6.07, 6.45) is 3.45. The summed E-state index contributed by atoms with van der Waals surface area (Å²) in [5.41, 5.74) is 3.51. The number of aryl methyl sites for hydroxylation is 2. The second-order valence-corrected chi connectivity index (χ2v) is 5.68.